The Bertz CT molecular complexity index is 1050. The minimum Gasteiger partial charge on any atom is -0.394 e. The van der Waals surface area contributed by atoms with Crippen LogP contribution in [-0.2, 0) is 4.79 Å². The summed E-state index contributed by atoms with van der Waals surface area (Å²) in [5, 5.41) is 23.0. The van der Waals surface area contributed by atoms with Gasteiger partial charge >= 0.3 is 0 Å². The lowest BCUT2D eigenvalue weighted by Gasteiger charge is -2.19. The molecular weight excluding hydrogens is 675 g/mol. The second-order valence-corrected chi connectivity index (χ2v) is 15.1. The molecular formula is C51H87NO3. The van der Waals surface area contributed by atoms with Crippen molar-refractivity contribution in [3.63, 3.8) is 0 Å². The SMILES string of the molecule is CC/C=C\C/C=C\C/C=C\C/C=C\C/C=C\C/C=C\CCCCCCCCCCCCC(=O)NC(CO)C(O)/C=C/CC/C=C/CCCCCCCCCC. The largest absolute Gasteiger partial charge is 0.394 e. The molecule has 2 atom stereocenters. The van der Waals surface area contributed by atoms with Gasteiger partial charge in [0.05, 0.1) is 18.8 Å². The van der Waals surface area contributed by atoms with Crippen LogP contribution in [0.1, 0.15) is 200 Å². The third-order valence-corrected chi connectivity index (χ3v) is 9.80. The van der Waals surface area contributed by atoms with E-state index >= 15 is 0 Å². The van der Waals surface area contributed by atoms with Crippen molar-refractivity contribution in [2.75, 3.05) is 6.61 Å². The molecule has 0 aliphatic heterocycles. The second-order valence-electron chi connectivity index (χ2n) is 15.1. The molecule has 0 aliphatic rings. The molecule has 3 N–H and O–H groups in total. The Labute approximate surface area is 341 Å². The lowest BCUT2D eigenvalue weighted by molar-refractivity contribution is -0.123. The van der Waals surface area contributed by atoms with Crippen LogP contribution >= 0.6 is 0 Å². The summed E-state index contributed by atoms with van der Waals surface area (Å²) in [6.45, 7) is 4.16. The Morgan fingerprint density at radius 3 is 1.27 bits per heavy atom. The van der Waals surface area contributed by atoms with E-state index in [1.165, 1.54) is 109 Å². The number of aliphatic hydroxyl groups is 2. The fourth-order valence-corrected chi connectivity index (χ4v) is 6.31. The zero-order valence-electron chi connectivity index (χ0n) is 35.9. The van der Waals surface area contributed by atoms with Crippen LogP contribution in [0.3, 0.4) is 0 Å². The Morgan fingerprint density at radius 2 is 0.818 bits per heavy atom. The molecule has 1 amide bonds. The van der Waals surface area contributed by atoms with Crippen LogP contribution in [0.15, 0.2) is 97.2 Å². The number of unbranched alkanes of at least 4 members (excludes halogenated alkanes) is 19. The van der Waals surface area contributed by atoms with Crippen molar-refractivity contribution in [3.8, 4) is 0 Å². The standard InChI is InChI=1S/C51H87NO3/c1-3-5-7-9-11-13-15-17-19-20-21-22-23-24-25-26-27-28-29-30-31-32-33-35-37-39-41-43-45-47-51(55)52-49(48-53)50(54)46-44-42-40-38-36-34-18-16-14-12-10-8-6-4-2/h5,7,11,13,17,19,21-22,24-25,27-28,36,38,44,46,49-50,53-54H,3-4,6,8-10,12,14-16,18,20,23,26,29-35,37,39-43,45,47-48H2,1-2H3,(H,52,55)/b7-5-,13-11-,19-17-,22-21-,25-24-,28-27-,38-36+,46-44+. The Balaban J connectivity index is 3.63. The van der Waals surface area contributed by atoms with Gasteiger partial charge < -0.3 is 15.5 Å². The number of carbonyl (C=O) groups is 1. The number of hydrogen-bond acceptors (Lipinski definition) is 3. The molecule has 0 heterocycles. The molecule has 0 radical (unpaired) electrons. The van der Waals surface area contributed by atoms with Crippen LogP contribution in [-0.4, -0.2) is 34.9 Å². The fraction of sp³-hybridized carbons (Fsp3) is 0.667. The first-order valence-corrected chi connectivity index (χ1v) is 23.0. The van der Waals surface area contributed by atoms with E-state index in [4.69, 9.17) is 0 Å². The highest BCUT2D eigenvalue weighted by Crippen LogP contribution is 2.13. The Morgan fingerprint density at radius 1 is 0.455 bits per heavy atom. The average Bonchev–Trinajstić information content (AvgIpc) is 3.19. The molecule has 0 rings (SSSR count). The van der Waals surface area contributed by atoms with E-state index < -0.39 is 12.1 Å². The first-order valence-electron chi connectivity index (χ1n) is 23.0. The van der Waals surface area contributed by atoms with Gasteiger partial charge in [-0.3, -0.25) is 4.79 Å². The highest BCUT2D eigenvalue weighted by Gasteiger charge is 2.17. The van der Waals surface area contributed by atoms with Gasteiger partial charge in [-0.1, -0.05) is 207 Å². The predicted molar refractivity (Wildman–Crippen MR) is 243 cm³/mol. The number of hydrogen-bond donors (Lipinski definition) is 3. The number of amides is 1. The van der Waals surface area contributed by atoms with Gasteiger partial charge in [0, 0.05) is 6.42 Å². The molecule has 4 nitrogen and oxygen atoms in total. The number of rotatable bonds is 40. The number of aliphatic hydroxyl groups excluding tert-OH is 2. The summed E-state index contributed by atoms with van der Waals surface area (Å²) in [6, 6.07) is -0.646. The molecule has 0 bridgehead atoms. The van der Waals surface area contributed by atoms with Gasteiger partial charge in [0.25, 0.3) is 0 Å². The van der Waals surface area contributed by atoms with Crippen LogP contribution in [0.4, 0.5) is 0 Å². The second kappa shape index (κ2) is 45.7. The van der Waals surface area contributed by atoms with E-state index in [1.54, 1.807) is 6.08 Å². The summed E-state index contributed by atoms with van der Waals surface area (Å²) in [5.74, 6) is -0.0839. The molecule has 0 saturated carbocycles. The quantitative estimate of drug-likeness (QED) is 0.0430. The van der Waals surface area contributed by atoms with Crippen molar-refractivity contribution < 1.29 is 15.0 Å². The molecule has 0 aromatic rings. The summed E-state index contributed by atoms with van der Waals surface area (Å²) >= 11 is 0. The molecule has 0 fully saturated rings. The van der Waals surface area contributed by atoms with Crippen molar-refractivity contribution in [1.82, 2.24) is 5.32 Å². The fourth-order valence-electron chi connectivity index (χ4n) is 6.31. The molecule has 55 heavy (non-hydrogen) atoms. The third-order valence-electron chi connectivity index (χ3n) is 9.80. The summed E-state index contributed by atoms with van der Waals surface area (Å²) in [6.07, 6.45) is 68.0. The van der Waals surface area contributed by atoms with Gasteiger partial charge in [-0.15, -0.1) is 0 Å². The van der Waals surface area contributed by atoms with Crippen molar-refractivity contribution in [2.45, 2.75) is 212 Å². The minimum absolute atomic E-state index is 0.0839. The van der Waals surface area contributed by atoms with Crippen molar-refractivity contribution >= 4 is 5.91 Å². The van der Waals surface area contributed by atoms with Gasteiger partial charge in [0.15, 0.2) is 0 Å². The zero-order valence-corrected chi connectivity index (χ0v) is 35.9. The number of nitrogens with one attached hydrogen (secondary N) is 1. The average molecular weight is 762 g/mol. The summed E-state index contributed by atoms with van der Waals surface area (Å²) in [7, 11) is 0. The van der Waals surface area contributed by atoms with Crippen LogP contribution < -0.4 is 5.32 Å². The molecule has 0 aromatic heterocycles. The maximum Gasteiger partial charge on any atom is 0.220 e. The van der Waals surface area contributed by atoms with Gasteiger partial charge in [-0.25, -0.2) is 0 Å². The van der Waals surface area contributed by atoms with Crippen LogP contribution in [0.5, 0.6) is 0 Å². The maximum absolute atomic E-state index is 12.4. The lowest BCUT2D eigenvalue weighted by atomic mass is 10.0. The normalized spacial score (nSPS) is 13.9. The van der Waals surface area contributed by atoms with E-state index in [-0.39, 0.29) is 12.5 Å². The minimum atomic E-state index is -0.869. The van der Waals surface area contributed by atoms with Gasteiger partial charge in [0.1, 0.15) is 0 Å². The van der Waals surface area contributed by atoms with Gasteiger partial charge in [-0.05, 0) is 83.5 Å². The maximum atomic E-state index is 12.4. The van der Waals surface area contributed by atoms with E-state index in [0.717, 1.165) is 70.6 Å². The highest BCUT2D eigenvalue weighted by molar-refractivity contribution is 5.76. The molecule has 4 heteroatoms. The molecule has 0 aromatic carbocycles. The van der Waals surface area contributed by atoms with E-state index in [2.05, 4.69) is 104 Å². The first kappa shape index (κ1) is 52.3. The van der Waals surface area contributed by atoms with Crippen LogP contribution in [0.25, 0.3) is 0 Å². The summed E-state index contributed by atoms with van der Waals surface area (Å²) in [5.41, 5.74) is 0. The van der Waals surface area contributed by atoms with Crippen LogP contribution in [0, 0.1) is 0 Å². The number of allylic oxidation sites excluding steroid dienone is 15. The third kappa shape index (κ3) is 42.3. The molecule has 2 unspecified atom stereocenters. The Kier molecular flexibility index (Phi) is 43.5. The van der Waals surface area contributed by atoms with Crippen molar-refractivity contribution in [2.24, 2.45) is 0 Å². The van der Waals surface area contributed by atoms with Crippen molar-refractivity contribution in [1.29, 1.82) is 0 Å². The molecule has 314 valence electrons. The summed E-state index contributed by atoms with van der Waals surface area (Å²) < 4.78 is 0. The monoisotopic (exact) mass is 762 g/mol. The van der Waals surface area contributed by atoms with Gasteiger partial charge in [0.2, 0.25) is 5.91 Å². The zero-order chi connectivity index (χ0) is 40.0. The topological polar surface area (TPSA) is 69.6 Å². The summed E-state index contributed by atoms with van der Waals surface area (Å²) in [4.78, 5) is 12.4. The smallest absolute Gasteiger partial charge is 0.220 e. The first-order chi connectivity index (χ1) is 27.2. The van der Waals surface area contributed by atoms with E-state index in [9.17, 15) is 15.0 Å². The van der Waals surface area contributed by atoms with Gasteiger partial charge in [-0.2, -0.15) is 0 Å². The predicted octanol–water partition coefficient (Wildman–Crippen LogP) is 14.6. The van der Waals surface area contributed by atoms with Crippen LogP contribution in [0.2, 0.25) is 0 Å². The number of carbonyl (C=O) groups excluding carboxylic acids is 1. The van der Waals surface area contributed by atoms with E-state index in [1.807, 2.05) is 6.08 Å². The van der Waals surface area contributed by atoms with Crippen molar-refractivity contribution in [3.05, 3.63) is 97.2 Å². The van der Waals surface area contributed by atoms with E-state index in [0.29, 0.717) is 6.42 Å². The molecule has 0 aliphatic carbocycles. The molecule has 0 saturated heterocycles. The Hall–Kier alpha value is -2.69. The lowest BCUT2D eigenvalue weighted by Crippen LogP contribution is -2.45. The highest BCUT2D eigenvalue weighted by atomic mass is 16.3. The molecule has 0 spiro atoms.